The Morgan fingerprint density at radius 3 is 2.29 bits per heavy atom. The molecule has 2 aromatic heterocycles. The molecule has 0 N–H and O–H groups in total. The zero-order valence-electron chi connectivity index (χ0n) is 11.1. The molecule has 0 atom stereocenters. The van der Waals surface area contributed by atoms with Crippen LogP contribution in [0.3, 0.4) is 0 Å². The maximum atomic E-state index is 12.3. The molecule has 1 aromatic carbocycles. The molecule has 5 nitrogen and oxygen atoms in total. The van der Waals surface area contributed by atoms with Gasteiger partial charge in [0.25, 0.3) is 11.8 Å². The lowest BCUT2D eigenvalue weighted by atomic mass is 10.1. The van der Waals surface area contributed by atoms with Crippen LogP contribution in [-0.4, -0.2) is 26.1 Å². The van der Waals surface area contributed by atoms with Crippen molar-refractivity contribution in [1.82, 2.24) is 14.3 Å². The molecule has 3 aromatic rings. The fraction of sp³-hybridized carbons (Fsp3) is 0.0625. The Labute approximate surface area is 120 Å². The van der Waals surface area contributed by atoms with Gasteiger partial charge in [-0.25, -0.2) is 4.98 Å². The molecule has 0 spiro atoms. The second-order valence-electron chi connectivity index (χ2n) is 4.92. The molecule has 0 saturated heterocycles. The second kappa shape index (κ2) is 4.28. The fourth-order valence-corrected chi connectivity index (χ4v) is 2.65. The molecule has 4 rings (SSSR count). The molecule has 0 fully saturated rings. The van der Waals surface area contributed by atoms with Crippen molar-refractivity contribution in [1.29, 1.82) is 0 Å². The SMILES string of the molecule is O=C1c2ccccc2C(=O)N1Cc1cnc2ccccn12. The summed E-state index contributed by atoms with van der Waals surface area (Å²) in [7, 11) is 0. The summed E-state index contributed by atoms with van der Waals surface area (Å²) in [5, 5.41) is 0. The van der Waals surface area contributed by atoms with Crippen molar-refractivity contribution < 1.29 is 9.59 Å². The quantitative estimate of drug-likeness (QED) is 0.674. The van der Waals surface area contributed by atoms with E-state index < -0.39 is 0 Å². The molecular formula is C16H11N3O2. The van der Waals surface area contributed by atoms with Crippen LogP contribution in [0.15, 0.2) is 54.9 Å². The predicted octanol–water partition coefficient (Wildman–Crippen LogP) is 2.13. The lowest BCUT2D eigenvalue weighted by Crippen LogP contribution is -2.29. The van der Waals surface area contributed by atoms with Crippen LogP contribution < -0.4 is 0 Å². The van der Waals surface area contributed by atoms with E-state index in [4.69, 9.17) is 0 Å². The topological polar surface area (TPSA) is 54.7 Å². The monoisotopic (exact) mass is 277 g/mol. The molecule has 0 aliphatic carbocycles. The highest BCUT2D eigenvalue weighted by Gasteiger charge is 2.35. The summed E-state index contributed by atoms with van der Waals surface area (Å²) in [6, 6.07) is 12.6. The van der Waals surface area contributed by atoms with Crippen molar-refractivity contribution in [2.24, 2.45) is 0 Å². The third-order valence-electron chi connectivity index (χ3n) is 3.69. The third-order valence-corrected chi connectivity index (χ3v) is 3.69. The highest BCUT2D eigenvalue weighted by molar-refractivity contribution is 6.21. The van der Waals surface area contributed by atoms with Crippen molar-refractivity contribution in [3.8, 4) is 0 Å². The molecule has 0 saturated carbocycles. The van der Waals surface area contributed by atoms with E-state index in [9.17, 15) is 9.59 Å². The first-order chi connectivity index (χ1) is 10.3. The Balaban J connectivity index is 1.73. The highest BCUT2D eigenvalue weighted by Crippen LogP contribution is 2.24. The Morgan fingerprint density at radius 1 is 0.905 bits per heavy atom. The Bertz CT molecular complexity index is 847. The molecule has 21 heavy (non-hydrogen) atoms. The van der Waals surface area contributed by atoms with Crippen LogP contribution in [0.25, 0.3) is 5.65 Å². The third kappa shape index (κ3) is 1.67. The van der Waals surface area contributed by atoms with Crippen LogP contribution in [0.5, 0.6) is 0 Å². The maximum Gasteiger partial charge on any atom is 0.261 e. The van der Waals surface area contributed by atoms with Crippen molar-refractivity contribution in [3.05, 3.63) is 71.7 Å². The summed E-state index contributed by atoms with van der Waals surface area (Å²) < 4.78 is 1.88. The molecule has 0 radical (unpaired) electrons. The van der Waals surface area contributed by atoms with Gasteiger partial charge in [0.2, 0.25) is 0 Å². The summed E-state index contributed by atoms with van der Waals surface area (Å²) in [6.45, 7) is 0.220. The van der Waals surface area contributed by atoms with Crippen molar-refractivity contribution in [3.63, 3.8) is 0 Å². The van der Waals surface area contributed by atoms with E-state index in [0.29, 0.717) is 11.1 Å². The summed E-state index contributed by atoms with van der Waals surface area (Å²) >= 11 is 0. The Kier molecular flexibility index (Phi) is 2.41. The standard InChI is InChI=1S/C16H11N3O2/c20-15-12-5-1-2-6-13(12)16(21)19(15)10-11-9-17-14-7-3-4-8-18(11)14/h1-9H,10H2. The van der Waals surface area contributed by atoms with Crippen molar-refractivity contribution in [2.75, 3.05) is 0 Å². The summed E-state index contributed by atoms with van der Waals surface area (Å²) in [5.74, 6) is -0.497. The number of fused-ring (bicyclic) bond motifs is 2. The van der Waals surface area contributed by atoms with Gasteiger partial charge in [0.15, 0.2) is 0 Å². The summed E-state index contributed by atoms with van der Waals surface area (Å²) in [4.78, 5) is 30.2. The first-order valence-corrected chi connectivity index (χ1v) is 6.62. The van der Waals surface area contributed by atoms with Gasteiger partial charge in [0, 0.05) is 6.20 Å². The van der Waals surface area contributed by atoms with Gasteiger partial charge in [-0.2, -0.15) is 0 Å². The number of hydrogen-bond donors (Lipinski definition) is 0. The van der Waals surface area contributed by atoms with Gasteiger partial charge < -0.3 is 4.40 Å². The second-order valence-corrected chi connectivity index (χ2v) is 4.92. The molecule has 5 heteroatoms. The van der Waals surface area contributed by atoms with Crippen molar-refractivity contribution >= 4 is 17.5 Å². The van der Waals surface area contributed by atoms with Crippen LogP contribution in [0, 0.1) is 0 Å². The zero-order chi connectivity index (χ0) is 14.4. The van der Waals surface area contributed by atoms with E-state index in [1.807, 2.05) is 28.8 Å². The summed E-state index contributed by atoms with van der Waals surface area (Å²) in [6.07, 6.45) is 3.56. The number of hydrogen-bond acceptors (Lipinski definition) is 3. The number of rotatable bonds is 2. The fourth-order valence-electron chi connectivity index (χ4n) is 2.65. The van der Waals surface area contributed by atoms with E-state index in [2.05, 4.69) is 4.98 Å². The van der Waals surface area contributed by atoms with Crippen LogP contribution in [0.4, 0.5) is 0 Å². The van der Waals surface area contributed by atoms with Gasteiger partial charge in [0.1, 0.15) is 5.65 Å². The molecular weight excluding hydrogens is 266 g/mol. The van der Waals surface area contributed by atoms with Crippen LogP contribution in [0.1, 0.15) is 26.4 Å². The maximum absolute atomic E-state index is 12.3. The normalized spacial score (nSPS) is 14.0. The number of benzene rings is 1. The number of imidazole rings is 1. The average molecular weight is 277 g/mol. The minimum absolute atomic E-state index is 0.220. The number of nitrogens with zero attached hydrogens (tertiary/aromatic N) is 3. The molecule has 0 unspecified atom stereocenters. The number of carbonyl (C=O) groups excluding carboxylic acids is 2. The van der Waals surface area contributed by atoms with Gasteiger partial charge in [-0.15, -0.1) is 0 Å². The zero-order valence-corrected chi connectivity index (χ0v) is 11.1. The van der Waals surface area contributed by atoms with E-state index in [1.54, 1.807) is 30.5 Å². The molecule has 0 bridgehead atoms. The number of amides is 2. The molecule has 3 heterocycles. The average Bonchev–Trinajstić information content (AvgIpc) is 3.04. The molecule has 1 aliphatic rings. The number of carbonyl (C=O) groups is 2. The lowest BCUT2D eigenvalue weighted by molar-refractivity contribution is 0.0640. The van der Waals surface area contributed by atoms with Gasteiger partial charge in [-0.1, -0.05) is 18.2 Å². The van der Waals surface area contributed by atoms with Gasteiger partial charge in [-0.05, 0) is 24.3 Å². The number of pyridine rings is 1. The molecule has 2 amide bonds. The minimum Gasteiger partial charge on any atom is -0.302 e. The van der Waals surface area contributed by atoms with Gasteiger partial charge >= 0.3 is 0 Å². The Morgan fingerprint density at radius 2 is 1.57 bits per heavy atom. The largest absolute Gasteiger partial charge is 0.302 e. The van der Waals surface area contributed by atoms with E-state index in [0.717, 1.165) is 11.3 Å². The van der Waals surface area contributed by atoms with Crippen LogP contribution in [0.2, 0.25) is 0 Å². The predicted molar refractivity (Wildman–Crippen MR) is 75.8 cm³/mol. The van der Waals surface area contributed by atoms with Crippen LogP contribution in [-0.2, 0) is 6.54 Å². The Hall–Kier alpha value is -2.95. The first-order valence-electron chi connectivity index (χ1n) is 6.62. The summed E-state index contributed by atoms with van der Waals surface area (Å²) in [5.41, 5.74) is 2.54. The van der Waals surface area contributed by atoms with E-state index >= 15 is 0 Å². The van der Waals surface area contributed by atoms with Crippen molar-refractivity contribution in [2.45, 2.75) is 6.54 Å². The van der Waals surface area contributed by atoms with E-state index in [1.165, 1.54) is 4.90 Å². The van der Waals surface area contributed by atoms with Gasteiger partial charge in [-0.3, -0.25) is 14.5 Å². The van der Waals surface area contributed by atoms with Crippen LogP contribution >= 0.6 is 0 Å². The van der Waals surface area contributed by atoms with Gasteiger partial charge in [0.05, 0.1) is 29.6 Å². The smallest absolute Gasteiger partial charge is 0.261 e. The minimum atomic E-state index is -0.249. The molecule has 102 valence electrons. The van der Waals surface area contributed by atoms with E-state index in [-0.39, 0.29) is 18.4 Å². The lowest BCUT2D eigenvalue weighted by Gasteiger charge is -2.13. The first kappa shape index (κ1) is 11.8. The highest BCUT2D eigenvalue weighted by atomic mass is 16.2. The molecule has 1 aliphatic heterocycles. The number of imide groups is 1. The number of aromatic nitrogens is 2.